The lowest BCUT2D eigenvalue weighted by Crippen LogP contribution is -2.04. The Labute approximate surface area is 182 Å². The van der Waals surface area contributed by atoms with Crippen molar-refractivity contribution in [2.75, 3.05) is 10.6 Å². The minimum absolute atomic E-state index is 0.0846. The number of aromatic nitrogens is 7. The topological polar surface area (TPSA) is 98.4 Å². The van der Waals surface area contributed by atoms with Crippen LogP contribution in [0.25, 0.3) is 11.4 Å². The summed E-state index contributed by atoms with van der Waals surface area (Å²) in [5, 5.41) is 14.8. The van der Waals surface area contributed by atoms with E-state index in [9.17, 15) is 0 Å². The van der Waals surface area contributed by atoms with Crippen molar-refractivity contribution in [2.45, 2.75) is 0 Å². The van der Waals surface area contributed by atoms with E-state index in [2.05, 4.69) is 35.8 Å². The van der Waals surface area contributed by atoms with Gasteiger partial charge in [0.15, 0.2) is 0 Å². The van der Waals surface area contributed by atoms with Gasteiger partial charge in [-0.05, 0) is 72.3 Å². The van der Waals surface area contributed by atoms with Gasteiger partial charge in [0.1, 0.15) is 0 Å². The predicted octanol–water partition coefficient (Wildman–Crippen LogP) is 4.38. The third-order valence-corrected chi connectivity index (χ3v) is 4.56. The van der Waals surface area contributed by atoms with E-state index < -0.39 is 0 Å². The average Bonchev–Trinajstić information content (AvgIpc) is 3.49. The molecule has 0 unspecified atom stereocenters. The Morgan fingerprint density at radius 3 is 1.45 bits per heavy atom. The molecule has 0 bridgehead atoms. The number of benzene rings is 2. The van der Waals surface area contributed by atoms with Gasteiger partial charge in [-0.2, -0.15) is 25.1 Å². The minimum atomic E-state index is 0.0846. The van der Waals surface area contributed by atoms with E-state index in [-0.39, 0.29) is 5.28 Å². The second kappa shape index (κ2) is 8.25. The molecule has 31 heavy (non-hydrogen) atoms. The number of nitrogens with zero attached hydrogens (tertiary/aromatic N) is 7. The summed E-state index contributed by atoms with van der Waals surface area (Å²) in [6.07, 6.45) is 7.23. The Balaban J connectivity index is 1.31. The largest absolute Gasteiger partial charge is 0.324 e. The van der Waals surface area contributed by atoms with E-state index >= 15 is 0 Å². The molecule has 0 spiro atoms. The van der Waals surface area contributed by atoms with Crippen LogP contribution in [0.5, 0.6) is 0 Å². The van der Waals surface area contributed by atoms with Gasteiger partial charge < -0.3 is 10.6 Å². The number of anilines is 4. The van der Waals surface area contributed by atoms with Crippen LogP contribution in [0.1, 0.15) is 0 Å². The van der Waals surface area contributed by atoms with Crippen molar-refractivity contribution in [2.24, 2.45) is 0 Å². The molecule has 0 amide bonds. The van der Waals surface area contributed by atoms with Crippen LogP contribution in [0.4, 0.5) is 23.3 Å². The number of halogens is 1. The van der Waals surface area contributed by atoms with Crippen molar-refractivity contribution < 1.29 is 0 Å². The maximum absolute atomic E-state index is 6.10. The van der Waals surface area contributed by atoms with E-state index in [1.54, 1.807) is 21.8 Å². The molecule has 0 aliphatic heterocycles. The molecule has 0 aliphatic rings. The molecule has 3 heterocycles. The van der Waals surface area contributed by atoms with Crippen molar-refractivity contribution in [3.05, 3.63) is 90.7 Å². The molecule has 0 fully saturated rings. The van der Waals surface area contributed by atoms with E-state index in [0.717, 1.165) is 22.7 Å². The van der Waals surface area contributed by atoms with Crippen LogP contribution in [0, 0.1) is 0 Å². The quantitative estimate of drug-likeness (QED) is 0.413. The smallest absolute Gasteiger partial charge is 0.233 e. The lowest BCUT2D eigenvalue weighted by molar-refractivity contribution is 0.880. The molecule has 0 radical (unpaired) electrons. The maximum atomic E-state index is 6.10. The fourth-order valence-electron chi connectivity index (χ4n) is 2.96. The van der Waals surface area contributed by atoms with Crippen molar-refractivity contribution >= 4 is 34.9 Å². The summed E-state index contributed by atoms with van der Waals surface area (Å²) in [6.45, 7) is 0. The van der Waals surface area contributed by atoms with Crippen LogP contribution >= 0.6 is 11.6 Å². The number of hydrogen-bond donors (Lipinski definition) is 2. The van der Waals surface area contributed by atoms with Crippen LogP contribution in [0.15, 0.2) is 85.5 Å². The van der Waals surface area contributed by atoms with Crippen LogP contribution in [0.3, 0.4) is 0 Å². The third-order valence-electron chi connectivity index (χ3n) is 4.39. The van der Waals surface area contributed by atoms with Crippen LogP contribution in [-0.2, 0) is 0 Å². The van der Waals surface area contributed by atoms with Gasteiger partial charge in [0.05, 0.1) is 11.4 Å². The maximum Gasteiger partial charge on any atom is 0.233 e. The monoisotopic (exact) mass is 429 g/mol. The first-order valence-electron chi connectivity index (χ1n) is 9.39. The average molecular weight is 430 g/mol. The van der Waals surface area contributed by atoms with Crippen molar-refractivity contribution in [3.63, 3.8) is 0 Å². The SMILES string of the molecule is Clc1nc(Nc2ccc(-n3cccn3)cc2)nc(Nc2ccc(-n3cccn3)cc2)n1. The van der Waals surface area contributed by atoms with E-state index in [1.807, 2.05) is 73.1 Å². The summed E-state index contributed by atoms with van der Waals surface area (Å²) < 4.78 is 3.56. The summed E-state index contributed by atoms with van der Waals surface area (Å²) in [5.74, 6) is 0.671. The number of hydrogen-bond acceptors (Lipinski definition) is 7. The van der Waals surface area contributed by atoms with E-state index in [4.69, 9.17) is 11.6 Å². The summed E-state index contributed by atoms with van der Waals surface area (Å²) in [4.78, 5) is 12.7. The third kappa shape index (κ3) is 4.36. The molecule has 3 aromatic heterocycles. The first-order valence-corrected chi connectivity index (χ1v) is 9.76. The van der Waals surface area contributed by atoms with Gasteiger partial charge in [-0.15, -0.1) is 0 Å². The van der Waals surface area contributed by atoms with Gasteiger partial charge in [-0.3, -0.25) is 0 Å². The van der Waals surface area contributed by atoms with E-state index in [0.29, 0.717) is 11.9 Å². The standard InChI is InChI=1S/C21H16ClN9/c22-19-27-20(25-15-3-7-17(8-4-15)30-13-1-11-23-30)29-21(28-19)26-16-5-9-18(10-6-16)31-14-2-12-24-31/h1-14H,(H2,25,26,27,28,29). The molecule has 10 heteroatoms. The first-order chi connectivity index (χ1) is 15.2. The molecule has 5 aromatic rings. The Hall–Kier alpha value is -4.24. The molecule has 2 N–H and O–H groups in total. The Bertz CT molecular complexity index is 1170. The van der Waals surface area contributed by atoms with Gasteiger partial charge >= 0.3 is 0 Å². The van der Waals surface area contributed by atoms with Gasteiger partial charge in [-0.25, -0.2) is 9.36 Å². The lowest BCUT2D eigenvalue weighted by atomic mass is 10.3. The molecular formula is C21H16ClN9. The molecule has 9 nitrogen and oxygen atoms in total. The van der Waals surface area contributed by atoms with Gasteiger partial charge in [0.2, 0.25) is 17.2 Å². The normalized spacial score (nSPS) is 10.7. The first kappa shape index (κ1) is 18.8. The minimum Gasteiger partial charge on any atom is -0.324 e. The molecule has 152 valence electrons. The van der Waals surface area contributed by atoms with E-state index in [1.165, 1.54) is 0 Å². The van der Waals surface area contributed by atoms with Gasteiger partial charge in [0, 0.05) is 36.2 Å². The fraction of sp³-hybridized carbons (Fsp3) is 0. The summed E-state index contributed by atoms with van der Waals surface area (Å²) >= 11 is 6.10. The zero-order valence-corrected chi connectivity index (χ0v) is 16.8. The highest BCUT2D eigenvalue weighted by Crippen LogP contribution is 2.20. The molecule has 0 saturated carbocycles. The Morgan fingerprint density at radius 1 is 0.613 bits per heavy atom. The highest BCUT2D eigenvalue weighted by atomic mass is 35.5. The summed E-state index contributed by atoms with van der Waals surface area (Å²) in [6, 6.07) is 19.2. The zero-order chi connectivity index (χ0) is 21.0. The lowest BCUT2D eigenvalue weighted by Gasteiger charge is -2.10. The van der Waals surface area contributed by atoms with Gasteiger partial charge in [0.25, 0.3) is 0 Å². The predicted molar refractivity (Wildman–Crippen MR) is 119 cm³/mol. The molecule has 0 atom stereocenters. The second-order valence-corrected chi connectivity index (χ2v) is 6.83. The highest BCUT2D eigenvalue weighted by molar-refractivity contribution is 6.28. The van der Waals surface area contributed by atoms with Crippen molar-refractivity contribution in [1.29, 1.82) is 0 Å². The van der Waals surface area contributed by atoms with Gasteiger partial charge in [-0.1, -0.05) is 0 Å². The summed E-state index contributed by atoms with van der Waals surface area (Å²) in [5.41, 5.74) is 3.52. The number of rotatable bonds is 6. The molecular weight excluding hydrogens is 414 g/mol. The Kier molecular flexibility index (Phi) is 4.99. The molecule has 5 rings (SSSR count). The zero-order valence-electron chi connectivity index (χ0n) is 16.1. The Morgan fingerprint density at radius 2 is 1.06 bits per heavy atom. The van der Waals surface area contributed by atoms with Crippen LogP contribution < -0.4 is 10.6 Å². The van der Waals surface area contributed by atoms with Crippen LogP contribution in [0.2, 0.25) is 5.28 Å². The highest BCUT2D eigenvalue weighted by Gasteiger charge is 2.07. The fourth-order valence-corrected chi connectivity index (χ4v) is 3.12. The molecule has 2 aromatic carbocycles. The summed E-state index contributed by atoms with van der Waals surface area (Å²) in [7, 11) is 0. The van der Waals surface area contributed by atoms with Crippen molar-refractivity contribution in [3.8, 4) is 11.4 Å². The van der Waals surface area contributed by atoms with Crippen LogP contribution in [-0.4, -0.2) is 34.5 Å². The second-order valence-electron chi connectivity index (χ2n) is 6.50. The molecule has 0 saturated heterocycles. The molecule has 0 aliphatic carbocycles. The van der Waals surface area contributed by atoms with Crippen molar-refractivity contribution in [1.82, 2.24) is 34.5 Å². The number of nitrogens with one attached hydrogen (secondary N) is 2.